The Kier molecular flexibility index (Phi) is 3.69. The van der Waals surface area contributed by atoms with Gasteiger partial charge in [-0.2, -0.15) is 0 Å². The summed E-state index contributed by atoms with van der Waals surface area (Å²) in [5.41, 5.74) is 2.14. The summed E-state index contributed by atoms with van der Waals surface area (Å²) in [6.45, 7) is 5.28. The lowest BCUT2D eigenvalue weighted by Gasteiger charge is -2.13. The zero-order valence-corrected chi connectivity index (χ0v) is 11.3. The molecule has 1 N–H and O–H groups in total. The molecule has 1 unspecified atom stereocenters. The van der Waals surface area contributed by atoms with Crippen molar-refractivity contribution < 1.29 is 0 Å². The molecule has 1 atom stereocenters. The van der Waals surface area contributed by atoms with E-state index in [1.54, 1.807) is 0 Å². The molecule has 0 aliphatic rings. The molecular weight excluding hydrogens is 234 g/mol. The third kappa shape index (κ3) is 2.31. The van der Waals surface area contributed by atoms with Crippen molar-refractivity contribution in [2.75, 3.05) is 7.05 Å². The Bertz CT molecular complexity index is 519. The number of aryl methyl sites for hydroxylation is 1. The normalized spacial score (nSPS) is 13.2. The quantitative estimate of drug-likeness (QED) is 0.903. The molecule has 17 heavy (non-hydrogen) atoms. The van der Waals surface area contributed by atoms with E-state index < -0.39 is 0 Å². The molecule has 0 radical (unpaired) electrons. The van der Waals surface area contributed by atoms with Crippen molar-refractivity contribution in [3.05, 3.63) is 29.0 Å². The number of nitrogens with one attached hydrogen (secondary N) is 1. The van der Waals surface area contributed by atoms with Gasteiger partial charge in [0, 0.05) is 11.6 Å². The number of nitrogens with zero attached hydrogens (tertiary/aromatic N) is 2. The molecule has 2 rings (SSSR count). The number of aromatic nitrogens is 2. The van der Waals surface area contributed by atoms with Crippen molar-refractivity contribution in [3.63, 3.8) is 0 Å². The van der Waals surface area contributed by atoms with Crippen molar-refractivity contribution in [2.24, 2.45) is 0 Å². The van der Waals surface area contributed by atoms with Crippen LogP contribution in [0.4, 0.5) is 0 Å². The van der Waals surface area contributed by atoms with Crippen LogP contribution in [0, 0.1) is 0 Å². The van der Waals surface area contributed by atoms with Crippen LogP contribution in [0.3, 0.4) is 0 Å². The summed E-state index contributed by atoms with van der Waals surface area (Å²) in [6.07, 6.45) is 1.09. The molecule has 0 amide bonds. The molecule has 0 bridgehead atoms. The molecule has 1 aromatic heterocycles. The Morgan fingerprint density at radius 1 is 1.47 bits per heavy atom. The number of hydrogen-bond acceptors (Lipinski definition) is 2. The highest BCUT2D eigenvalue weighted by Gasteiger charge is 2.14. The number of benzene rings is 1. The first-order valence-electron chi connectivity index (χ1n) is 6.00. The van der Waals surface area contributed by atoms with Crippen LogP contribution in [-0.2, 0) is 6.54 Å². The van der Waals surface area contributed by atoms with Gasteiger partial charge >= 0.3 is 0 Å². The van der Waals surface area contributed by atoms with Crippen molar-refractivity contribution in [1.82, 2.24) is 14.9 Å². The first-order chi connectivity index (χ1) is 8.17. The molecule has 1 aromatic carbocycles. The minimum absolute atomic E-state index is 0.243. The molecule has 0 fully saturated rings. The molecule has 0 spiro atoms. The van der Waals surface area contributed by atoms with Crippen LogP contribution in [0.15, 0.2) is 18.2 Å². The third-order valence-electron chi connectivity index (χ3n) is 3.01. The summed E-state index contributed by atoms with van der Waals surface area (Å²) < 4.78 is 2.27. The SMILES string of the molecule is CCCn1c(C(C)NC)nc2cc(Cl)ccc21. The number of halogens is 1. The van der Waals surface area contributed by atoms with E-state index in [2.05, 4.69) is 28.7 Å². The zero-order valence-electron chi connectivity index (χ0n) is 10.5. The highest BCUT2D eigenvalue weighted by atomic mass is 35.5. The molecule has 1 heterocycles. The molecule has 3 nitrogen and oxygen atoms in total. The van der Waals surface area contributed by atoms with Gasteiger partial charge in [-0.15, -0.1) is 0 Å². The molecular formula is C13H18ClN3. The van der Waals surface area contributed by atoms with Gasteiger partial charge < -0.3 is 9.88 Å². The Balaban J connectivity index is 2.61. The summed E-state index contributed by atoms with van der Waals surface area (Å²) in [4.78, 5) is 4.68. The number of hydrogen-bond donors (Lipinski definition) is 1. The number of fused-ring (bicyclic) bond motifs is 1. The number of rotatable bonds is 4. The topological polar surface area (TPSA) is 29.9 Å². The molecule has 2 aromatic rings. The van der Waals surface area contributed by atoms with Gasteiger partial charge in [0.1, 0.15) is 5.82 Å². The summed E-state index contributed by atoms with van der Waals surface area (Å²) in [5.74, 6) is 1.08. The van der Waals surface area contributed by atoms with Gasteiger partial charge in [0.25, 0.3) is 0 Å². The van der Waals surface area contributed by atoms with Crippen molar-refractivity contribution >= 4 is 22.6 Å². The van der Waals surface area contributed by atoms with Crippen LogP contribution in [0.5, 0.6) is 0 Å². The van der Waals surface area contributed by atoms with Crippen LogP contribution in [0.1, 0.15) is 32.1 Å². The van der Waals surface area contributed by atoms with E-state index in [-0.39, 0.29) is 6.04 Å². The second kappa shape index (κ2) is 5.07. The summed E-state index contributed by atoms with van der Waals surface area (Å²) in [6, 6.07) is 6.14. The van der Waals surface area contributed by atoms with E-state index in [9.17, 15) is 0 Å². The predicted octanol–water partition coefficient (Wildman–Crippen LogP) is 3.38. The lowest BCUT2D eigenvalue weighted by molar-refractivity contribution is 0.554. The lowest BCUT2D eigenvalue weighted by atomic mass is 10.3. The van der Waals surface area contributed by atoms with Crippen LogP contribution >= 0.6 is 11.6 Å². The molecule has 4 heteroatoms. The van der Waals surface area contributed by atoms with Crippen LogP contribution in [-0.4, -0.2) is 16.6 Å². The summed E-state index contributed by atoms with van der Waals surface area (Å²) in [5, 5.41) is 3.98. The van der Waals surface area contributed by atoms with E-state index in [0.29, 0.717) is 0 Å². The second-order valence-corrected chi connectivity index (χ2v) is 4.70. The van der Waals surface area contributed by atoms with Crippen LogP contribution in [0.25, 0.3) is 11.0 Å². The average molecular weight is 252 g/mol. The molecule has 0 saturated carbocycles. The van der Waals surface area contributed by atoms with E-state index in [4.69, 9.17) is 11.6 Å². The Morgan fingerprint density at radius 2 is 2.24 bits per heavy atom. The Hall–Kier alpha value is -1.06. The van der Waals surface area contributed by atoms with Crippen molar-refractivity contribution in [2.45, 2.75) is 32.9 Å². The maximum atomic E-state index is 6.01. The van der Waals surface area contributed by atoms with E-state index >= 15 is 0 Å². The summed E-state index contributed by atoms with van der Waals surface area (Å²) >= 11 is 6.01. The highest BCUT2D eigenvalue weighted by Crippen LogP contribution is 2.23. The first kappa shape index (κ1) is 12.4. The van der Waals surface area contributed by atoms with Gasteiger partial charge in [-0.25, -0.2) is 4.98 Å². The maximum absolute atomic E-state index is 6.01. The Labute approximate surface area is 107 Å². The van der Waals surface area contributed by atoms with Gasteiger partial charge in [-0.05, 0) is 38.6 Å². The van der Waals surface area contributed by atoms with Crippen molar-refractivity contribution in [1.29, 1.82) is 0 Å². The van der Waals surface area contributed by atoms with E-state index in [1.807, 2.05) is 25.2 Å². The molecule has 92 valence electrons. The van der Waals surface area contributed by atoms with Gasteiger partial charge in [-0.1, -0.05) is 18.5 Å². The van der Waals surface area contributed by atoms with Crippen LogP contribution in [0.2, 0.25) is 5.02 Å². The van der Waals surface area contributed by atoms with Gasteiger partial charge in [0.05, 0.1) is 17.1 Å². The van der Waals surface area contributed by atoms with Gasteiger partial charge in [0.2, 0.25) is 0 Å². The van der Waals surface area contributed by atoms with E-state index in [1.165, 1.54) is 0 Å². The zero-order chi connectivity index (χ0) is 12.4. The highest BCUT2D eigenvalue weighted by molar-refractivity contribution is 6.31. The Morgan fingerprint density at radius 3 is 2.88 bits per heavy atom. The third-order valence-corrected chi connectivity index (χ3v) is 3.24. The molecule has 0 saturated heterocycles. The maximum Gasteiger partial charge on any atom is 0.126 e. The molecule has 0 aliphatic carbocycles. The lowest BCUT2D eigenvalue weighted by Crippen LogP contribution is -2.17. The monoisotopic (exact) mass is 251 g/mol. The van der Waals surface area contributed by atoms with Crippen molar-refractivity contribution in [3.8, 4) is 0 Å². The first-order valence-corrected chi connectivity index (χ1v) is 6.38. The van der Waals surface area contributed by atoms with Gasteiger partial charge in [0.15, 0.2) is 0 Å². The van der Waals surface area contributed by atoms with Crippen LogP contribution < -0.4 is 5.32 Å². The molecule has 0 aliphatic heterocycles. The van der Waals surface area contributed by atoms with Gasteiger partial charge in [-0.3, -0.25) is 0 Å². The largest absolute Gasteiger partial charge is 0.327 e. The minimum atomic E-state index is 0.243. The minimum Gasteiger partial charge on any atom is -0.327 e. The number of imidazole rings is 1. The average Bonchev–Trinajstić information content (AvgIpc) is 2.67. The predicted molar refractivity (Wildman–Crippen MR) is 72.5 cm³/mol. The van der Waals surface area contributed by atoms with E-state index in [0.717, 1.165) is 34.8 Å². The summed E-state index contributed by atoms with van der Waals surface area (Å²) in [7, 11) is 1.95. The fourth-order valence-corrected chi connectivity index (χ4v) is 2.21. The second-order valence-electron chi connectivity index (χ2n) is 4.27. The fraction of sp³-hybridized carbons (Fsp3) is 0.462. The fourth-order valence-electron chi connectivity index (χ4n) is 2.04. The smallest absolute Gasteiger partial charge is 0.126 e. The standard InChI is InChI=1S/C13H18ClN3/c1-4-7-17-12-6-5-10(14)8-11(12)16-13(17)9(2)15-3/h5-6,8-9,15H,4,7H2,1-3H3.